The standard InChI is InChI=1S/C7H9NO2/c9-6-10-5-7-3-1-2-4-8-7/h1-4,9H,5-6H2. The molecule has 0 aliphatic heterocycles. The van der Waals surface area contributed by atoms with Crippen LogP contribution in [0.5, 0.6) is 0 Å². The molecule has 0 aromatic carbocycles. The van der Waals surface area contributed by atoms with E-state index < -0.39 is 0 Å². The van der Waals surface area contributed by atoms with Crippen LogP contribution in [0.15, 0.2) is 24.4 Å². The summed E-state index contributed by atoms with van der Waals surface area (Å²) in [6, 6.07) is 5.56. The Morgan fingerprint density at radius 2 is 2.40 bits per heavy atom. The number of ether oxygens (including phenoxy) is 1. The minimum Gasteiger partial charge on any atom is -0.371 e. The van der Waals surface area contributed by atoms with E-state index in [4.69, 9.17) is 9.84 Å². The predicted molar refractivity (Wildman–Crippen MR) is 36.1 cm³/mol. The van der Waals surface area contributed by atoms with Gasteiger partial charge in [0.2, 0.25) is 0 Å². The van der Waals surface area contributed by atoms with Crippen molar-refractivity contribution < 1.29 is 9.84 Å². The molecule has 3 nitrogen and oxygen atoms in total. The second-order valence-electron chi connectivity index (χ2n) is 1.80. The number of aliphatic hydroxyl groups excluding tert-OH is 1. The third kappa shape index (κ3) is 2.13. The van der Waals surface area contributed by atoms with Crippen LogP contribution >= 0.6 is 0 Å². The molecule has 0 fully saturated rings. The summed E-state index contributed by atoms with van der Waals surface area (Å²) in [4.78, 5) is 3.98. The van der Waals surface area contributed by atoms with Gasteiger partial charge in [-0.3, -0.25) is 4.98 Å². The van der Waals surface area contributed by atoms with Crippen molar-refractivity contribution in [2.24, 2.45) is 0 Å². The van der Waals surface area contributed by atoms with Crippen LogP contribution in [0.3, 0.4) is 0 Å². The van der Waals surface area contributed by atoms with E-state index in [0.717, 1.165) is 5.69 Å². The summed E-state index contributed by atoms with van der Waals surface area (Å²) < 4.78 is 4.71. The first-order valence-corrected chi connectivity index (χ1v) is 3.02. The van der Waals surface area contributed by atoms with E-state index in [1.165, 1.54) is 0 Å². The minimum atomic E-state index is -0.253. The Labute approximate surface area is 59.3 Å². The van der Waals surface area contributed by atoms with Crippen molar-refractivity contribution in [1.29, 1.82) is 0 Å². The molecule has 1 rings (SSSR count). The number of pyridine rings is 1. The van der Waals surface area contributed by atoms with Crippen LogP contribution < -0.4 is 0 Å². The van der Waals surface area contributed by atoms with E-state index in [1.807, 2.05) is 18.2 Å². The first kappa shape index (κ1) is 7.18. The largest absolute Gasteiger partial charge is 0.371 e. The third-order valence-corrected chi connectivity index (χ3v) is 1.07. The fourth-order valence-corrected chi connectivity index (χ4v) is 0.634. The number of aliphatic hydroxyl groups is 1. The van der Waals surface area contributed by atoms with Crippen LogP contribution in [-0.2, 0) is 11.3 Å². The first-order valence-electron chi connectivity index (χ1n) is 3.02. The molecule has 0 radical (unpaired) electrons. The number of hydrogen-bond donors (Lipinski definition) is 1. The average Bonchev–Trinajstić information content (AvgIpc) is 2.03. The topological polar surface area (TPSA) is 42.4 Å². The zero-order valence-corrected chi connectivity index (χ0v) is 5.53. The second-order valence-corrected chi connectivity index (χ2v) is 1.80. The maximum Gasteiger partial charge on any atom is 0.144 e. The highest BCUT2D eigenvalue weighted by Gasteiger charge is 1.89. The van der Waals surface area contributed by atoms with Crippen molar-refractivity contribution in [3.05, 3.63) is 30.1 Å². The lowest BCUT2D eigenvalue weighted by molar-refractivity contribution is -0.0125. The second kappa shape index (κ2) is 3.98. The van der Waals surface area contributed by atoms with Crippen LogP contribution in [-0.4, -0.2) is 16.9 Å². The molecule has 0 saturated carbocycles. The van der Waals surface area contributed by atoms with Gasteiger partial charge in [0.1, 0.15) is 6.79 Å². The molecular weight excluding hydrogens is 130 g/mol. The molecule has 0 spiro atoms. The van der Waals surface area contributed by atoms with E-state index in [9.17, 15) is 0 Å². The maximum absolute atomic E-state index is 8.28. The molecule has 0 aliphatic rings. The van der Waals surface area contributed by atoms with Gasteiger partial charge in [-0.25, -0.2) is 0 Å². The zero-order valence-electron chi connectivity index (χ0n) is 5.53. The van der Waals surface area contributed by atoms with E-state index in [2.05, 4.69) is 4.98 Å². The SMILES string of the molecule is OCOCc1ccccn1. The van der Waals surface area contributed by atoms with Crippen LogP contribution in [0, 0.1) is 0 Å². The summed E-state index contributed by atoms with van der Waals surface area (Å²) >= 11 is 0. The van der Waals surface area contributed by atoms with Crippen molar-refractivity contribution in [2.75, 3.05) is 6.79 Å². The first-order chi connectivity index (χ1) is 4.93. The highest BCUT2D eigenvalue weighted by atomic mass is 16.6. The molecule has 0 aliphatic carbocycles. The summed E-state index contributed by atoms with van der Waals surface area (Å²) in [6.45, 7) is 0.119. The number of aromatic nitrogens is 1. The van der Waals surface area contributed by atoms with Gasteiger partial charge in [-0.05, 0) is 12.1 Å². The summed E-state index contributed by atoms with van der Waals surface area (Å²) in [5.74, 6) is 0. The van der Waals surface area contributed by atoms with Crippen molar-refractivity contribution in [3.63, 3.8) is 0 Å². The summed E-state index contributed by atoms with van der Waals surface area (Å²) in [7, 11) is 0. The summed E-state index contributed by atoms with van der Waals surface area (Å²) in [6.07, 6.45) is 1.69. The molecule has 0 saturated heterocycles. The Morgan fingerprint density at radius 1 is 1.50 bits per heavy atom. The predicted octanol–water partition coefficient (Wildman–Crippen LogP) is 0.548. The van der Waals surface area contributed by atoms with Gasteiger partial charge >= 0.3 is 0 Å². The van der Waals surface area contributed by atoms with Crippen molar-refractivity contribution >= 4 is 0 Å². The van der Waals surface area contributed by atoms with Crippen LogP contribution in [0.1, 0.15) is 5.69 Å². The lowest BCUT2D eigenvalue weighted by atomic mass is 10.4. The summed E-state index contributed by atoms with van der Waals surface area (Å²) in [5.41, 5.74) is 0.830. The molecule has 0 unspecified atom stereocenters. The Kier molecular flexibility index (Phi) is 2.86. The van der Waals surface area contributed by atoms with Gasteiger partial charge in [0.25, 0.3) is 0 Å². The minimum absolute atomic E-state index is 0.253. The molecule has 1 heterocycles. The molecule has 0 atom stereocenters. The van der Waals surface area contributed by atoms with Gasteiger partial charge in [-0.2, -0.15) is 0 Å². The lowest BCUT2D eigenvalue weighted by Crippen LogP contribution is -1.95. The molecule has 0 amide bonds. The van der Waals surface area contributed by atoms with E-state index in [1.54, 1.807) is 6.20 Å². The molecule has 1 aromatic heterocycles. The Morgan fingerprint density at radius 3 is 3.00 bits per heavy atom. The fourth-order valence-electron chi connectivity index (χ4n) is 0.634. The maximum atomic E-state index is 8.28. The molecule has 0 bridgehead atoms. The third-order valence-electron chi connectivity index (χ3n) is 1.07. The molecule has 54 valence electrons. The smallest absolute Gasteiger partial charge is 0.144 e. The number of rotatable bonds is 3. The average molecular weight is 139 g/mol. The van der Waals surface area contributed by atoms with Gasteiger partial charge in [0, 0.05) is 6.20 Å². The zero-order chi connectivity index (χ0) is 7.23. The molecule has 3 heteroatoms. The molecule has 1 aromatic rings. The molecule has 10 heavy (non-hydrogen) atoms. The van der Waals surface area contributed by atoms with Crippen LogP contribution in [0.2, 0.25) is 0 Å². The fraction of sp³-hybridized carbons (Fsp3) is 0.286. The normalized spacial score (nSPS) is 9.70. The van der Waals surface area contributed by atoms with Crippen LogP contribution in [0.4, 0.5) is 0 Å². The molecule has 1 N–H and O–H groups in total. The van der Waals surface area contributed by atoms with Gasteiger partial charge in [0.15, 0.2) is 0 Å². The quantitative estimate of drug-likeness (QED) is 0.622. The van der Waals surface area contributed by atoms with Crippen molar-refractivity contribution in [3.8, 4) is 0 Å². The van der Waals surface area contributed by atoms with E-state index in [-0.39, 0.29) is 6.79 Å². The highest BCUT2D eigenvalue weighted by molar-refractivity contribution is 5.01. The Bertz CT molecular complexity index is 176. The van der Waals surface area contributed by atoms with Crippen LogP contribution in [0.25, 0.3) is 0 Å². The van der Waals surface area contributed by atoms with E-state index in [0.29, 0.717) is 6.61 Å². The Hall–Kier alpha value is -0.930. The van der Waals surface area contributed by atoms with Crippen molar-refractivity contribution in [1.82, 2.24) is 4.98 Å². The van der Waals surface area contributed by atoms with Gasteiger partial charge in [0.05, 0.1) is 12.3 Å². The van der Waals surface area contributed by atoms with Gasteiger partial charge in [-0.15, -0.1) is 0 Å². The van der Waals surface area contributed by atoms with Crippen molar-refractivity contribution in [2.45, 2.75) is 6.61 Å². The number of hydrogen-bond acceptors (Lipinski definition) is 3. The molecular formula is C7H9NO2. The van der Waals surface area contributed by atoms with Gasteiger partial charge in [-0.1, -0.05) is 6.07 Å². The Balaban J connectivity index is 2.43. The highest BCUT2D eigenvalue weighted by Crippen LogP contribution is 1.94. The monoisotopic (exact) mass is 139 g/mol. The number of nitrogens with zero attached hydrogens (tertiary/aromatic N) is 1. The van der Waals surface area contributed by atoms with Gasteiger partial charge < -0.3 is 9.84 Å². The summed E-state index contributed by atoms with van der Waals surface area (Å²) in [5, 5.41) is 8.28. The van der Waals surface area contributed by atoms with E-state index >= 15 is 0 Å². The lowest BCUT2D eigenvalue weighted by Gasteiger charge is -1.97.